The normalized spacial score (nSPS) is 27.1. The first-order valence-electron chi connectivity index (χ1n) is 13.1. The maximum atomic E-state index is 13.7. The maximum Gasteiger partial charge on any atom is 0.215 e. The highest BCUT2D eigenvalue weighted by Crippen LogP contribution is 2.43. The van der Waals surface area contributed by atoms with Crippen molar-refractivity contribution in [3.63, 3.8) is 0 Å². The van der Waals surface area contributed by atoms with E-state index >= 15 is 0 Å². The molecule has 11 heteroatoms. The molecule has 0 unspecified atom stereocenters. The van der Waals surface area contributed by atoms with Gasteiger partial charge in [0, 0.05) is 0 Å². The molecule has 0 saturated carbocycles. The summed E-state index contributed by atoms with van der Waals surface area (Å²) < 4.78 is 23.1. The van der Waals surface area contributed by atoms with Crippen LogP contribution in [0.25, 0.3) is 0 Å². The second-order valence-electron chi connectivity index (χ2n) is 9.58. The number of aliphatic hydroxyl groups is 4. The minimum Gasteiger partial charge on any atom is -0.486 e. The van der Waals surface area contributed by atoms with E-state index in [9.17, 15) is 30.0 Å². The minimum absolute atomic E-state index is 0.291. The van der Waals surface area contributed by atoms with Gasteiger partial charge in [-0.25, -0.2) is 0 Å². The van der Waals surface area contributed by atoms with Crippen LogP contribution in [0.5, 0.6) is 11.5 Å². The number of hydrogen-bond donors (Lipinski definition) is 4. The number of Topliss-reactive ketones (excluding diaryl/α,β-unsaturated/α-hetero) is 2. The van der Waals surface area contributed by atoms with Crippen LogP contribution in [-0.4, -0.2) is 89.8 Å². The standard InChI is InChI=1S/C28H38O10Si/c1-4-39(5-2,6-3)38-26-28(34,24(31)19-36-21-15-11-8-12-16-21)27(33,25(32)22(17-29)37-26)23(30)18-35-20-13-9-7-10-14-20/h7-16,22,25-26,29,32-34H,4-6,17-19H2,1-3H3/t22-,25-,26-,27+,28+/m1/s1. The lowest BCUT2D eigenvalue weighted by Gasteiger charge is -2.54. The number of carbonyl (C=O) groups is 2. The van der Waals surface area contributed by atoms with E-state index in [-0.39, 0.29) is 0 Å². The van der Waals surface area contributed by atoms with Gasteiger partial charge in [-0.3, -0.25) is 9.59 Å². The van der Waals surface area contributed by atoms with Crippen LogP contribution in [-0.2, 0) is 18.8 Å². The Hall–Kier alpha value is -2.64. The molecule has 0 aliphatic carbocycles. The average Bonchev–Trinajstić information content (AvgIpc) is 2.98. The van der Waals surface area contributed by atoms with E-state index in [1.165, 1.54) is 0 Å². The SMILES string of the molecule is CC[Si](CC)(CC)O[C@H]1O[C@H](CO)[C@@H](O)[C@@](O)(C(=O)COc2ccccc2)[C@]1(O)C(=O)COc1ccccc1. The number of benzene rings is 2. The largest absolute Gasteiger partial charge is 0.486 e. The Morgan fingerprint density at radius 3 is 1.67 bits per heavy atom. The fourth-order valence-corrected chi connectivity index (χ4v) is 7.44. The molecular formula is C28H38O10Si. The fraction of sp³-hybridized carbons (Fsp3) is 0.500. The molecular weight excluding hydrogens is 524 g/mol. The first-order valence-corrected chi connectivity index (χ1v) is 15.6. The van der Waals surface area contributed by atoms with Crippen molar-refractivity contribution in [2.24, 2.45) is 0 Å². The van der Waals surface area contributed by atoms with Gasteiger partial charge in [0.15, 0.2) is 20.2 Å². The molecule has 1 heterocycles. The zero-order chi connectivity index (χ0) is 28.7. The number of para-hydroxylation sites is 2. The molecule has 1 fully saturated rings. The molecule has 1 aliphatic heterocycles. The van der Waals surface area contributed by atoms with Crippen LogP contribution in [0.3, 0.4) is 0 Å². The summed E-state index contributed by atoms with van der Waals surface area (Å²) in [5, 5.41) is 45.0. The van der Waals surface area contributed by atoms with Gasteiger partial charge in [0.2, 0.25) is 17.2 Å². The zero-order valence-corrected chi connectivity index (χ0v) is 23.5. The Morgan fingerprint density at radius 1 is 0.821 bits per heavy atom. The van der Waals surface area contributed by atoms with Crippen LogP contribution in [0.4, 0.5) is 0 Å². The topological polar surface area (TPSA) is 152 Å². The number of ether oxygens (including phenoxy) is 3. The molecule has 1 aliphatic rings. The highest BCUT2D eigenvalue weighted by Gasteiger charge is 2.72. The molecule has 3 rings (SSSR count). The molecule has 10 nitrogen and oxygen atoms in total. The number of rotatable bonds is 14. The second kappa shape index (κ2) is 13.1. The fourth-order valence-electron chi connectivity index (χ4n) is 4.76. The van der Waals surface area contributed by atoms with Crippen LogP contribution in [0.15, 0.2) is 60.7 Å². The van der Waals surface area contributed by atoms with E-state index in [4.69, 9.17) is 18.6 Å². The van der Waals surface area contributed by atoms with Crippen molar-refractivity contribution in [3.05, 3.63) is 60.7 Å². The lowest BCUT2D eigenvalue weighted by atomic mass is 9.69. The van der Waals surface area contributed by atoms with Gasteiger partial charge in [0.05, 0.1) is 6.61 Å². The Kier molecular flexibility index (Phi) is 10.4. The molecule has 2 aromatic carbocycles. The van der Waals surface area contributed by atoms with Crippen molar-refractivity contribution in [2.75, 3.05) is 19.8 Å². The number of carbonyl (C=O) groups excluding carboxylic acids is 2. The van der Waals surface area contributed by atoms with Crippen molar-refractivity contribution >= 4 is 19.9 Å². The maximum absolute atomic E-state index is 13.7. The summed E-state index contributed by atoms with van der Waals surface area (Å²) in [5.74, 6) is -1.74. The van der Waals surface area contributed by atoms with Crippen LogP contribution in [0.1, 0.15) is 20.8 Å². The summed E-state index contributed by atoms with van der Waals surface area (Å²) >= 11 is 0. The van der Waals surface area contributed by atoms with Gasteiger partial charge in [-0.1, -0.05) is 57.2 Å². The first kappa shape index (κ1) is 30.9. The molecule has 0 aromatic heterocycles. The third-order valence-electron chi connectivity index (χ3n) is 7.55. The predicted octanol–water partition coefficient (Wildman–Crippen LogP) is 1.84. The van der Waals surface area contributed by atoms with Gasteiger partial charge in [-0.05, 0) is 42.4 Å². The van der Waals surface area contributed by atoms with Gasteiger partial charge in [-0.2, -0.15) is 0 Å². The van der Waals surface area contributed by atoms with Crippen molar-refractivity contribution in [1.29, 1.82) is 0 Å². The highest BCUT2D eigenvalue weighted by molar-refractivity contribution is 6.73. The van der Waals surface area contributed by atoms with Crippen LogP contribution < -0.4 is 9.47 Å². The molecule has 2 aromatic rings. The van der Waals surface area contributed by atoms with E-state index in [0.29, 0.717) is 29.6 Å². The first-order chi connectivity index (χ1) is 18.6. The lowest BCUT2D eigenvalue weighted by molar-refractivity contribution is -0.336. The predicted molar refractivity (Wildman–Crippen MR) is 144 cm³/mol. The Labute approximate surface area is 229 Å². The van der Waals surface area contributed by atoms with E-state index in [2.05, 4.69) is 0 Å². The molecule has 0 spiro atoms. The quantitative estimate of drug-likeness (QED) is 0.251. The Balaban J connectivity index is 2.06. The summed E-state index contributed by atoms with van der Waals surface area (Å²) in [4.78, 5) is 27.4. The summed E-state index contributed by atoms with van der Waals surface area (Å²) in [6, 6.07) is 18.3. The monoisotopic (exact) mass is 562 g/mol. The van der Waals surface area contributed by atoms with Gasteiger partial charge in [-0.15, -0.1) is 0 Å². The smallest absolute Gasteiger partial charge is 0.215 e. The second-order valence-corrected chi connectivity index (χ2v) is 14.3. The summed E-state index contributed by atoms with van der Waals surface area (Å²) in [5.41, 5.74) is -6.26. The number of aliphatic hydroxyl groups excluding tert-OH is 2. The van der Waals surface area contributed by atoms with Crippen molar-refractivity contribution < 1.29 is 48.7 Å². The van der Waals surface area contributed by atoms with Crippen molar-refractivity contribution in [1.82, 2.24) is 0 Å². The van der Waals surface area contributed by atoms with Gasteiger partial charge in [0.1, 0.15) is 36.9 Å². The van der Waals surface area contributed by atoms with Gasteiger partial charge >= 0.3 is 0 Å². The number of hydrogen-bond acceptors (Lipinski definition) is 10. The van der Waals surface area contributed by atoms with Crippen LogP contribution in [0.2, 0.25) is 18.1 Å². The van der Waals surface area contributed by atoms with E-state index < -0.39 is 69.4 Å². The van der Waals surface area contributed by atoms with Gasteiger partial charge < -0.3 is 39.1 Å². The van der Waals surface area contributed by atoms with E-state index in [0.717, 1.165) is 0 Å². The lowest BCUT2D eigenvalue weighted by Crippen LogP contribution is -2.81. The Morgan fingerprint density at radius 2 is 1.26 bits per heavy atom. The highest BCUT2D eigenvalue weighted by atomic mass is 28.4. The molecule has 0 amide bonds. The molecule has 39 heavy (non-hydrogen) atoms. The summed E-state index contributed by atoms with van der Waals surface area (Å²) in [6.07, 6.45) is -5.61. The van der Waals surface area contributed by atoms with Crippen LogP contribution >= 0.6 is 0 Å². The third-order valence-corrected chi connectivity index (χ3v) is 12.1. The summed E-state index contributed by atoms with van der Waals surface area (Å²) in [7, 11) is -2.65. The van der Waals surface area contributed by atoms with Gasteiger partial charge in [0.25, 0.3) is 0 Å². The molecule has 1 saturated heterocycles. The third kappa shape index (κ3) is 6.09. The van der Waals surface area contributed by atoms with Crippen molar-refractivity contribution in [3.8, 4) is 11.5 Å². The Bertz CT molecular complexity index is 1070. The number of ketones is 2. The molecule has 0 radical (unpaired) electrons. The average molecular weight is 563 g/mol. The van der Waals surface area contributed by atoms with E-state index in [1.807, 2.05) is 20.8 Å². The zero-order valence-electron chi connectivity index (χ0n) is 22.5. The molecule has 5 atom stereocenters. The van der Waals surface area contributed by atoms with Crippen LogP contribution in [0, 0.1) is 0 Å². The summed E-state index contributed by atoms with van der Waals surface area (Å²) in [6.45, 7) is 3.34. The molecule has 214 valence electrons. The molecule has 4 N–H and O–H groups in total. The molecule has 0 bridgehead atoms. The van der Waals surface area contributed by atoms with Crippen molar-refractivity contribution in [2.45, 2.75) is 68.6 Å². The van der Waals surface area contributed by atoms with E-state index in [1.54, 1.807) is 60.7 Å². The minimum atomic E-state index is -3.16.